The summed E-state index contributed by atoms with van der Waals surface area (Å²) >= 11 is 0. The fourth-order valence-electron chi connectivity index (χ4n) is 2.21. The van der Waals surface area contributed by atoms with Gasteiger partial charge in [-0.15, -0.1) is 6.58 Å². The number of carbonyl (C=O) groups is 2. The quantitative estimate of drug-likeness (QED) is 0.655. The number of hydrogen-bond donors (Lipinski definition) is 2. The highest BCUT2D eigenvalue weighted by atomic mass is 16.5. The zero-order valence-corrected chi connectivity index (χ0v) is 8.63. The number of hydrogen-bond acceptors (Lipinski definition) is 3. The third-order valence-electron chi connectivity index (χ3n) is 2.91. The molecular weight excluding hydrogens is 210 g/mol. The van der Waals surface area contributed by atoms with Gasteiger partial charge in [-0.1, -0.05) is 18.2 Å². The van der Waals surface area contributed by atoms with E-state index in [-0.39, 0.29) is 5.91 Å². The zero-order chi connectivity index (χ0) is 11.7. The van der Waals surface area contributed by atoms with Crippen molar-refractivity contribution in [1.82, 2.24) is 5.32 Å². The molecule has 5 heteroatoms. The van der Waals surface area contributed by atoms with Crippen molar-refractivity contribution < 1.29 is 19.4 Å². The van der Waals surface area contributed by atoms with Crippen molar-refractivity contribution in [1.29, 1.82) is 0 Å². The lowest BCUT2D eigenvalue weighted by molar-refractivity contribution is -0.146. The molecule has 0 radical (unpaired) electrons. The summed E-state index contributed by atoms with van der Waals surface area (Å²) in [7, 11) is 0. The monoisotopic (exact) mass is 223 g/mol. The number of fused-ring (bicyclic) bond motifs is 2. The molecule has 86 valence electrons. The van der Waals surface area contributed by atoms with Crippen molar-refractivity contribution in [3.05, 3.63) is 24.8 Å². The molecule has 2 rings (SSSR count). The summed E-state index contributed by atoms with van der Waals surface area (Å²) in [6.45, 7) is 3.82. The van der Waals surface area contributed by atoms with Crippen molar-refractivity contribution in [2.24, 2.45) is 11.8 Å². The van der Waals surface area contributed by atoms with E-state index in [4.69, 9.17) is 9.84 Å². The lowest BCUT2D eigenvalue weighted by Gasteiger charge is -2.20. The highest BCUT2D eigenvalue weighted by molar-refractivity contribution is 5.87. The predicted octanol–water partition coefficient (Wildman–Crippen LogP) is -0.0572. The van der Waals surface area contributed by atoms with Crippen molar-refractivity contribution in [3.63, 3.8) is 0 Å². The van der Waals surface area contributed by atoms with Crippen LogP contribution in [0.5, 0.6) is 0 Å². The summed E-state index contributed by atoms with van der Waals surface area (Å²) in [5.74, 6) is -2.69. The van der Waals surface area contributed by atoms with Crippen LogP contribution in [0.25, 0.3) is 0 Å². The number of amides is 1. The van der Waals surface area contributed by atoms with Crippen LogP contribution in [0.4, 0.5) is 0 Å². The molecule has 0 aromatic carbocycles. The zero-order valence-electron chi connectivity index (χ0n) is 8.63. The number of carbonyl (C=O) groups excluding carboxylic acids is 1. The van der Waals surface area contributed by atoms with Crippen LogP contribution in [-0.4, -0.2) is 35.7 Å². The van der Waals surface area contributed by atoms with Gasteiger partial charge in [0.05, 0.1) is 18.1 Å². The fourth-order valence-corrected chi connectivity index (χ4v) is 2.21. The van der Waals surface area contributed by atoms with Crippen molar-refractivity contribution in [3.8, 4) is 0 Å². The number of rotatable bonds is 4. The SMILES string of the molecule is C=CCNC(=O)C1C2C=CC(O2)C1C(=O)O. The Kier molecular flexibility index (Phi) is 2.78. The lowest BCUT2D eigenvalue weighted by Crippen LogP contribution is -2.42. The van der Waals surface area contributed by atoms with E-state index in [1.54, 1.807) is 18.2 Å². The number of nitrogens with one attached hydrogen (secondary N) is 1. The van der Waals surface area contributed by atoms with E-state index in [9.17, 15) is 9.59 Å². The molecule has 2 heterocycles. The molecule has 4 unspecified atom stereocenters. The van der Waals surface area contributed by atoms with Crippen LogP contribution in [-0.2, 0) is 14.3 Å². The summed E-state index contributed by atoms with van der Waals surface area (Å²) in [5.41, 5.74) is 0. The first kappa shape index (κ1) is 10.9. The molecule has 2 aliphatic rings. The lowest BCUT2D eigenvalue weighted by atomic mass is 9.82. The third kappa shape index (κ3) is 1.63. The van der Waals surface area contributed by atoms with E-state index in [0.717, 1.165) is 0 Å². The van der Waals surface area contributed by atoms with Gasteiger partial charge in [-0.2, -0.15) is 0 Å². The van der Waals surface area contributed by atoms with Crippen LogP contribution < -0.4 is 5.32 Å². The first-order valence-electron chi connectivity index (χ1n) is 5.10. The molecule has 1 saturated heterocycles. The normalized spacial score (nSPS) is 35.0. The molecule has 1 fully saturated rings. The summed E-state index contributed by atoms with van der Waals surface area (Å²) in [6.07, 6.45) is 4.14. The van der Waals surface area contributed by atoms with E-state index in [2.05, 4.69) is 11.9 Å². The Morgan fingerprint density at radius 2 is 2.00 bits per heavy atom. The molecular formula is C11H13NO4. The highest BCUT2D eigenvalue weighted by Gasteiger charge is 2.52. The van der Waals surface area contributed by atoms with E-state index < -0.39 is 30.0 Å². The number of ether oxygens (including phenoxy) is 1. The number of carboxylic acids is 1. The second kappa shape index (κ2) is 4.09. The molecule has 0 spiro atoms. The standard InChI is InChI=1S/C11H13NO4/c1-2-5-12-10(13)8-6-3-4-7(16-6)9(8)11(14)15/h2-4,6-9H,1,5H2,(H,12,13)(H,14,15). The molecule has 2 aliphatic heterocycles. The molecule has 0 aromatic rings. The maximum Gasteiger partial charge on any atom is 0.310 e. The summed E-state index contributed by atoms with van der Waals surface area (Å²) in [5, 5.41) is 11.7. The van der Waals surface area contributed by atoms with Gasteiger partial charge >= 0.3 is 5.97 Å². The van der Waals surface area contributed by atoms with Gasteiger partial charge in [-0.3, -0.25) is 9.59 Å². The molecule has 2 N–H and O–H groups in total. The fraction of sp³-hybridized carbons (Fsp3) is 0.455. The van der Waals surface area contributed by atoms with E-state index in [0.29, 0.717) is 6.54 Å². The summed E-state index contributed by atoms with van der Waals surface area (Å²) < 4.78 is 5.38. The second-order valence-corrected chi connectivity index (χ2v) is 3.87. The van der Waals surface area contributed by atoms with E-state index >= 15 is 0 Å². The van der Waals surface area contributed by atoms with Crippen LogP contribution in [0.3, 0.4) is 0 Å². The Morgan fingerprint density at radius 3 is 2.56 bits per heavy atom. The van der Waals surface area contributed by atoms with Crippen molar-refractivity contribution >= 4 is 11.9 Å². The second-order valence-electron chi connectivity index (χ2n) is 3.87. The van der Waals surface area contributed by atoms with Gasteiger partial charge in [-0.05, 0) is 0 Å². The van der Waals surface area contributed by atoms with E-state index in [1.165, 1.54) is 0 Å². The molecule has 5 nitrogen and oxygen atoms in total. The molecule has 4 atom stereocenters. The molecule has 1 amide bonds. The third-order valence-corrected chi connectivity index (χ3v) is 2.91. The average Bonchev–Trinajstić information content (AvgIpc) is 2.84. The van der Waals surface area contributed by atoms with Crippen LogP contribution >= 0.6 is 0 Å². The highest BCUT2D eigenvalue weighted by Crippen LogP contribution is 2.39. The van der Waals surface area contributed by atoms with Gasteiger partial charge in [0.25, 0.3) is 0 Å². The van der Waals surface area contributed by atoms with Gasteiger partial charge in [0.2, 0.25) is 5.91 Å². The van der Waals surface area contributed by atoms with Gasteiger partial charge in [0, 0.05) is 6.54 Å². The number of aliphatic carboxylic acids is 1. The molecule has 2 bridgehead atoms. The van der Waals surface area contributed by atoms with E-state index in [1.807, 2.05) is 0 Å². The minimum atomic E-state index is -0.990. The topological polar surface area (TPSA) is 75.6 Å². The largest absolute Gasteiger partial charge is 0.481 e. The number of carboxylic acid groups (broad SMARTS) is 1. The minimum absolute atomic E-state index is 0.288. The first-order valence-corrected chi connectivity index (χ1v) is 5.10. The molecule has 0 saturated carbocycles. The van der Waals surface area contributed by atoms with Crippen LogP contribution in [0.15, 0.2) is 24.8 Å². The van der Waals surface area contributed by atoms with Gasteiger partial charge in [0.1, 0.15) is 5.92 Å². The predicted molar refractivity (Wildman–Crippen MR) is 55.6 cm³/mol. The van der Waals surface area contributed by atoms with Crippen LogP contribution in [0.2, 0.25) is 0 Å². The van der Waals surface area contributed by atoms with Gasteiger partial charge in [-0.25, -0.2) is 0 Å². The Bertz CT molecular complexity index is 363. The Balaban J connectivity index is 2.13. The summed E-state index contributed by atoms with van der Waals surface area (Å²) in [6, 6.07) is 0. The maximum absolute atomic E-state index is 11.8. The van der Waals surface area contributed by atoms with Crippen molar-refractivity contribution in [2.45, 2.75) is 12.2 Å². The summed E-state index contributed by atoms with van der Waals surface area (Å²) in [4.78, 5) is 22.8. The van der Waals surface area contributed by atoms with Crippen LogP contribution in [0, 0.1) is 11.8 Å². The Morgan fingerprint density at radius 1 is 1.38 bits per heavy atom. The molecule has 0 aromatic heterocycles. The molecule has 0 aliphatic carbocycles. The van der Waals surface area contributed by atoms with Gasteiger partial charge < -0.3 is 15.2 Å². The Labute approximate surface area is 92.8 Å². The Hall–Kier alpha value is -1.62. The van der Waals surface area contributed by atoms with Gasteiger partial charge in [0.15, 0.2) is 0 Å². The average molecular weight is 223 g/mol. The van der Waals surface area contributed by atoms with Crippen molar-refractivity contribution in [2.75, 3.05) is 6.54 Å². The van der Waals surface area contributed by atoms with Crippen LogP contribution in [0.1, 0.15) is 0 Å². The smallest absolute Gasteiger partial charge is 0.310 e. The minimum Gasteiger partial charge on any atom is -0.481 e. The first-order chi connectivity index (χ1) is 7.65. The maximum atomic E-state index is 11.8. The molecule has 16 heavy (non-hydrogen) atoms.